The molecule has 11 rings (SSSR count). The van der Waals surface area contributed by atoms with Gasteiger partial charge in [0.1, 0.15) is 5.82 Å². The molecule has 0 saturated carbocycles. The van der Waals surface area contributed by atoms with Crippen LogP contribution in [0.1, 0.15) is 0 Å². The first-order valence-electron chi connectivity index (χ1n) is 18.3. The van der Waals surface area contributed by atoms with Crippen molar-refractivity contribution in [3.05, 3.63) is 200 Å². The first-order valence-corrected chi connectivity index (χ1v) is 18.3. The zero-order valence-electron chi connectivity index (χ0n) is 29.2. The van der Waals surface area contributed by atoms with Gasteiger partial charge in [-0.05, 0) is 83.9 Å². The smallest absolute Gasteiger partial charge is 0.133 e. The molecule has 4 heteroatoms. The van der Waals surface area contributed by atoms with Gasteiger partial charge < -0.3 is 14.0 Å². The molecule has 0 amide bonds. The Morgan fingerprint density at radius 3 is 1.52 bits per heavy atom. The van der Waals surface area contributed by atoms with Gasteiger partial charge in [-0.15, -0.1) is 0 Å². The normalized spacial score (nSPS) is 12.1. The summed E-state index contributed by atoms with van der Waals surface area (Å²) < 4.78 is 20.7. The van der Waals surface area contributed by atoms with Crippen LogP contribution >= 0.6 is 0 Å². The van der Waals surface area contributed by atoms with E-state index in [4.69, 9.17) is 0 Å². The Balaban J connectivity index is 1.04. The van der Waals surface area contributed by atoms with Crippen LogP contribution in [0.25, 0.3) is 77.6 Å². The Hall–Kier alpha value is -7.17. The zero-order chi connectivity index (χ0) is 35.8. The minimum absolute atomic E-state index is 0.229. The van der Waals surface area contributed by atoms with Crippen LogP contribution in [-0.4, -0.2) is 9.13 Å². The number of hydrogen-bond acceptors (Lipinski definition) is 1. The van der Waals surface area contributed by atoms with Gasteiger partial charge in [0.2, 0.25) is 0 Å². The largest absolute Gasteiger partial charge is 0.309 e. The fraction of sp³-hybridized carbons (Fsp3) is 0. The highest BCUT2D eigenvalue weighted by molar-refractivity contribution is 6.13. The maximum absolute atomic E-state index is 16.1. The predicted octanol–water partition coefficient (Wildman–Crippen LogP) is 13.7. The van der Waals surface area contributed by atoms with Crippen molar-refractivity contribution in [2.24, 2.45) is 0 Å². The summed E-state index contributed by atoms with van der Waals surface area (Å²) >= 11 is 0. The van der Waals surface area contributed by atoms with Crippen molar-refractivity contribution < 1.29 is 4.39 Å². The molecule has 0 aliphatic carbocycles. The molecular formula is C50H32FN3. The van der Waals surface area contributed by atoms with E-state index in [1.165, 1.54) is 21.8 Å². The van der Waals surface area contributed by atoms with Crippen molar-refractivity contribution in [3.8, 4) is 44.9 Å². The molecule has 0 unspecified atom stereocenters. The second-order valence-corrected chi connectivity index (χ2v) is 13.9. The highest BCUT2D eigenvalue weighted by atomic mass is 19.1. The summed E-state index contributed by atoms with van der Waals surface area (Å²) in [7, 11) is 0. The van der Waals surface area contributed by atoms with Crippen LogP contribution in [0.5, 0.6) is 0 Å². The summed E-state index contributed by atoms with van der Waals surface area (Å²) in [6, 6.07) is 67.4. The summed E-state index contributed by atoms with van der Waals surface area (Å²) in [5.41, 5.74) is 14.6. The van der Waals surface area contributed by atoms with Gasteiger partial charge in [0.15, 0.2) is 0 Å². The van der Waals surface area contributed by atoms with Crippen LogP contribution in [0.2, 0.25) is 0 Å². The molecule has 54 heavy (non-hydrogen) atoms. The van der Waals surface area contributed by atoms with Gasteiger partial charge >= 0.3 is 0 Å². The van der Waals surface area contributed by atoms with Gasteiger partial charge in [-0.25, -0.2) is 4.39 Å². The van der Waals surface area contributed by atoms with Gasteiger partial charge in [-0.1, -0.05) is 121 Å². The van der Waals surface area contributed by atoms with Crippen LogP contribution in [0.3, 0.4) is 0 Å². The van der Waals surface area contributed by atoms with Crippen LogP contribution in [-0.2, 0) is 0 Å². The Morgan fingerprint density at radius 1 is 0.352 bits per heavy atom. The molecule has 8 aromatic carbocycles. The number of anilines is 3. The molecule has 3 heterocycles. The van der Waals surface area contributed by atoms with Crippen molar-refractivity contribution in [1.82, 2.24) is 9.13 Å². The first kappa shape index (κ1) is 30.5. The van der Waals surface area contributed by atoms with Gasteiger partial charge in [-0.3, -0.25) is 0 Å². The second-order valence-electron chi connectivity index (χ2n) is 13.9. The summed E-state index contributed by atoms with van der Waals surface area (Å²) in [6.45, 7) is 0. The third kappa shape index (κ3) is 4.47. The van der Waals surface area contributed by atoms with E-state index in [-0.39, 0.29) is 5.82 Å². The maximum atomic E-state index is 16.1. The fourth-order valence-electron chi connectivity index (χ4n) is 8.62. The van der Waals surface area contributed by atoms with Crippen molar-refractivity contribution >= 4 is 49.8 Å². The number of halogens is 1. The number of rotatable bonds is 4. The van der Waals surface area contributed by atoms with E-state index in [9.17, 15) is 0 Å². The lowest BCUT2D eigenvalue weighted by Gasteiger charge is -2.27. The number of aromatic nitrogens is 2. The predicted molar refractivity (Wildman–Crippen MR) is 222 cm³/mol. The lowest BCUT2D eigenvalue weighted by atomic mass is 9.98. The van der Waals surface area contributed by atoms with Crippen LogP contribution in [0, 0.1) is 5.82 Å². The molecule has 3 nitrogen and oxygen atoms in total. The van der Waals surface area contributed by atoms with Crippen LogP contribution < -0.4 is 4.90 Å². The molecule has 1 aliphatic heterocycles. The number of hydrogen-bond donors (Lipinski definition) is 0. The van der Waals surface area contributed by atoms with Gasteiger partial charge in [0.05, 0.1) is 33.6 Å². The number of benzene rings is 8. The Kier molecular flexibility index (Phi) is 6.73. The molecule has 0 N–H and O–H groups in total. The van der Waals surface area contributed by atoms with Gasteiger partial charge in [0.25, 0.3) is 0 Å². The minimum atomic E-state index is -0.229. The summed E-state index contributed by atoms with van der Waals surface area (Å²) in [4.78, 5) is 2.32. The fourth-order valence-corrected chi connectivity index (χ4v) is 8.62. The third-order valence-electron chi connectivity index (χ3n) is 10.9. The highest BCUT2D eigenvalue weighted by Crippen LogP contribution is 2.54. The lowest BCUT2D eigenvalue weighted by molar-refractivity contribution is 0.640. The van der Waals surface area contributed by atoms with E-state index >= 15 is 4.39 Å². The molecule has 0 bridgehead atoms. The molecule has 0 spiro atoms. The molecule has 1 aliphatic rings. The SMILES string of the molecule is Fc1cccc2c1c1c(n2-c2ccccc2)-c2ccccc2N(c2ccc(-c3ccc(-n4c5ccccc5c5ccccc54)cc3)cc2)c2ccccc2-1. The number of nitrogens with zero attached hydrogens (tertiary/aromatic N) is 3. The third-order valence-corrected chi connectivity index (χ3v) is 10.9. The maximum Gasteiger partial charge on any atom is 0.133 e. The number of para-hydroxylation sites is 5. The van der Waals surface area contributed by atoms with Gasteiger partial charge in [-0.2, -0.15) is 0 Å². The van der Waals surface area contributed by atoms with E-state index < -0.39 is 0 Å². The first-order chi connectivity index (χ1) is 26.7. The van der Waals surface area contributed by atoms with Crippen LogP contribution in [0.4, 0.5) is 21.5 Å². The topological polar surface area (TPSA) is 13.1 Å². The molecule has 0 fully saturated rings. The zero-order valence-corrected chi connectivity index (χ0v) is 29.2. The molecule has 10 aromatic rings. The molecule has 254 valence electrons. The van der Waals surface area contributed by atoms with E-state index in [2.05, 4.69) is 172 Å². The monoisotopic (exact) mass is 693 g/mol. The van der Waals surface area contributed by atoms with Crippen molar-refractivity contribution in [3.63, 3.8) is 0 Å². The summed E-state index contributed by atoms with van der Waals surface area (Å²) in [5, 5.41) is 3.14. The number of fused-ring (bicyclic) bond motifs is 10. The van der Waals surface area contributed by atoms with E-state index in [1.807, 2.05) is 24.3 Å². The van der Waals surface area contributed by atoms with Crippen LogP contribution in [0.15, 0.2) is 194 Å². The Bertz CT molecular complexity index is 2990. The average Bonchev–Trinajstić information content (AvgIpc) is 3.72. The Morgan fingerprint density at radius 2 is 0.852 bits per heavy atom. The molecule has 2 aromatic heterocycles. The van der Waals surface area contributed by atoms with Crippen molar-refractivity contribution in [2.45, 2.75) is 0 Å². The summed E-state index contributed by atoms with van der Waals surface area (Å²) in [5.74, 6) is -0.229. The minimum Gasteiger partial charge on any atom is -0.309 e. The summed E-state index contributed by atoms with van der Waals surface area (Å²) in [6.07, 6.45) is 0. The van der Waals surface area contributed by atoms with Gasteiger partial charge in [0, 0.05) is 49.9 Å². The molecule has 0 atom stereocenters. The van der Waals surface area contributed by atoms with Crippen molar-refractivity contribution in [2.75, 3.05) is 4.90 Å². The Labute approximate surface area is 312 Å². The average molecular weight is 694 g/mol. The molecule has 0 saturated heterocycles. The molecule has 0 radical (unpaired) electrons. The van der Waals surface area contributed by atoms with E-state index in [0.29, 0.717) is 5.39 Å². The van der Waals surface area contributed by atoms with E-state index in [1.54, 1.807) is 12.1 Å². The lowest BCUT2D eigenvalue weighted by Crippen LogP contribution is -2.11. The van der Waals surface area contributed by atoms with E-state index in [0.717, 1.165) is 67.5 Å². The second kappa shape index (κ2) is 11.9. The quantitative estimate of drug-likeness (QED) is 0.179. The molecular weight excluding hydrogens is 662 g/mol. The standard InChI is InChI=1S/C50H32FN3/c51-42-19-12-24-47-49(42)48-40-17-6-10-22-45(40)53(46-23-11-7-18-41(46)50(48)54(47)35-13-2-1-3-14-35)37-31-27-34(28-32-37)33-25-29-36(30-26-33)52-43-20-8-4-15-38(43)39-16-5-9-21-44(39)52/h1-32H. The highest BCUT2D eigenvalue weighted by Gasteiger charge is 2.32. The van der Waals surface area contributed by atoms with Crippen molar-refractivity contribution in [1.29, 1.82) is 0 Å².